The average Bonchev–Trinajstić information content (AvgIpc) is 4.13. The Bertz CT molecular complexity index is 4320. The first kappa shape index (κ1) is 41.8. The molecule has 0 amide bonds. The predicted octanol–water partition coefficient (Wildman–Crippen LogP) is 17.8. The summed E-state index contributed by atoms with van der Waals surface area (Å²) in [5, 5.41) is 6.67. The fourth-order valence-electron chi connectivity index (χ4n) is 10.2. The van der Waals surface area contributed by atoms with Gasteiger partial charge in [-0.25, -0.2) is 15.0 Å². The molecule has 14 aromatic rings. The SMILES string of the molecule is CC.c1ccc(-c2cc(-c3cccc(-c4cccc5c4oc4ccccc45)c3)c3c(c2)c2ccccc2n3-c2cccc(-c3nc(-c4ccccc4)nc(-c4ccc5c(c4)oc4ccccc45)n3)c2)cc1. The van der Waals surface area contributed by atoms with E-state index in [2.05, 4.69) is 168 Å². The van der Waals surface area contributed by atoms with Crippen molar-refractivity contribution < 1.29 is 8.83 Å². The zero-order valence-corrected chi connectivity index (χ0v) is 39.0. The topological polar surface area (TPSA) is 69.9 Å². The standard InChI is InChI=1S/C63H38N4O2.C2H6/c1-3-16-39(17-4-1)45-36-53(42-21-13-20-41(34-42)47-27-15-28-52-50-26-9-12-31-57(50)69-60(47)52)59-54(37-45)48-24-7-10-29-55(48)67(59)46-23-14-22-43(35-46)62-64-61(40-18-5-2-6-19-40)65-63(66-62)44-32-33-51-49-25-8-11-30-56(49)68-58(51)38-44;1-2/h1-38H;1-2H3. The average molecular weight is 913 g/mol. The van der Waals surface area contributed by atoms with E-state index in [9.17, 15) is 0 Å². The number of aromatic nitrogens is 4. The number of furan rings is 2. The van der Waals surface area contributed by atoms with Crippen LogP contribution in [0.25, 0.3) is 139 Å². The Hall–Kier alpha value is -9.39. The molecular weight excluding hydrogens is 869 g/mol. The van der Waals surface area contributed by atoms with Crippen molar-refractivity contribution in [3.05, 3.63) is 231 Å². The summed E-state index contributed by atoms with van der Waals surface area (Å²) in [4.78, 5) is 15.5. The Kier molecular flexibility index (Phi) is 10.2. The molecule has 0 radical (unpaired) electrons. The third-order valence-corrected chi connectivity index (χ3v) is 13.4. The largest absolute Gasteiger partial charge is 0.456 e. The number of hydrogen-bond donors (Lipinski definition) is 0. The summed E-state index contributed by atoms with van der Waals surface area (Å²) in [5.41, 5.74) is 15.9. The van der Waals surface area contributed by atoms with Crippen molar-refractivity contribution in [1.82, 2.24) is 19.5 Å². The van der Waals surface area contributed by atoms with E-state index in [0.717, 1.165) is 121 Å². The molecule has 0 atom stereocenters. The molecule has 6 nitrogen and oxygen atoms in total. The lowest BCUT2D eigenvalue weighted by Crippen LogP contribution is -2.01. The first-order valence-corrected chi connectivity index (χ1v) is 24.2. The van der Waals surface area contributed by atoms with Crippen molar-refractivity contribution in [3.8, 4) is 73.2 Å². The van der Waals surface area contributed by atoms with Crippen LogP contribution in [0, 0.1) is 0 Å². The first-order chi connectivity index (χ1) is 35.2. The molecule has 10 aromatic carbocycles. The molecule has 0 spiro atoms. The van der Waals surface area contributed by atoms with E-state index in [1.807, 2.05) is 80.6 Å². The van der Waals surface area contributed by atoms with E-state index < -0.39 is 0 Å². The number of benzene rings is 10. The Morgan fingerprint density at radius 2 is 0.845 bits per heavy atom. The van der Waals surface area contributed by atoms with Crippen molar-refractivity contribution in [1.29, 1.82) is 0 Å². The van der Waals surface area contributed by atoms with E-state index in [1.54, 1.807) is 0 Å². The minimum Gasteiger partial charge on any atom is -0.456 e. The van der Waals surface area contributed by atoms with Gasteiger partial charge in [-0.15, -0.1) is 0 Å². The fraction of sp³-hybridized carbons (Fsp3) is 0.0308. The van der Waals surface area contributed by atoms with Gasteiger partial charge in [0.2, 0.25) is 0 Å². The molecule has 0 aliphatic carbocycles. The highest BCUT2D eigenvalue weighted by Gasteiger charge is 2.21. The third-order valence-electron chi connectivity index (χ3n) is 13.4. The predicted molar refractivity (Wildman–Crippen MR) is 293 cm³/mol. The zero-order chi connectivity index (χ0) is 47.4. The van der Waals surface area contributed by atoms with Gasteiger partial charge in [-0.2, -0.15) is 0 Å². The van der Waals surface area contributed by atoms with Crippen LogP contribution >= 0.6 is 0 Å². The van der Waals surface area contributed by atoms with Crippen LogP contribution in [0.5, 0.6) is 0 Å². The van der Waals surface area contributed by atoms with Gasteiger partial charge >= 0.3 is 0 Å². The van der Waals surface area contributed by atoms with Gasteiger partial charge in [-0.3, -0.25) is 0 Å². The maximum absolute atomic E-state index is 6.57. The summed E-state index contributed by atoms with van der Waals surface area (Å²) in [6, 6.07) is 80.7. The molecule has 4 aromatic heterocycles. The van der Waals surface area contributed by atoms with E-state index in [1.165, 1.54) is 0 Å². The number of fused-ring (bicyclic) bond motifs is 9. The van der Waals surface area contributed by atoms with Gasteiger partial charge in [0.25, 0.3) is 0 Å². The molecule has 6 heteroatoms. The Balaban J connectivity index is 0.00000243. The van der Waals surface area contributed by atoms with Gasteiger partial charge in [0.15, 0.2) is 17.5 Å². The minimum atomic E-state index is 0.567. The summed E-state index contributed by atoms with van der Waals surface area (Å²) in [5.74, 6) is 1.74. The molecule has 4 heterocycles. The van der Waals surface area contributed by atoms with Crippen molar-refractivity contribution in [2.45, 2.75) is 13.8 Å². The van der Waals surface area contributed by atoms with Crippen LogP contribution in [0.2, 0.25) is 0 Å². The Morgan fingerprint density at radius 3 is 1.61 bits per heavy atom. The summed E-state index contributed by atoms with van der Waals surface area (Å²) in [6.07, 6.45) is 0. The second-order valence-corrected chi connectivity index (χ2v) is 17.5. The van der Waals surface area contributed by atoms with Crippen LogP contribution in [0.4, 0.5) is 0 Å². The lowest BCUT2D eigenvalue weighted by Gasteiger charge is -2.15. The second-order valence-electron chi connectivity index (χ2n) is 17.5. The normalized spacial score (nSPS) is 11.5. The molecule has 0 bridgehead atoms. The number of para-hydroxylation sites is 4. The van der Waals surface area contributed by atoms with Crippen LogP contribution in [-0.4, -0.2) is 19.5 Å². The summed E-state index contributed by atoms with van der Waals surface area (Å²) in [7, 11) is 0. The van der Waals surface area contributed by atoms with E-state index in [-0.39, 0.29) is 0 Å². The van der Waals surface area contributed by atoms with Crippen molar-refractivity contribution in [2.75, 3.05) is 0 Å². The van der Waals surface area contributed by atoms with Gasteiger partial charge in [-0.1, -0.05) is 184 Å². The smallest absolute Gasteiger partial charge is 0.164 e. The fourth-order valence-corrected chi connectivity index (χ4v) is 10.2. The minimum absolute atomic E-state index is 0.567. The highest BCUT2D eigenvalue weighted by atomic mass is 16.3. The Morgan fingerprint density at radius 1 is 0.310 bits per heavy atom. The molecule has 0 unspecified atom stereocenters. The first-order valence-electron chi connectivity index (χ1n) is 24.2. The molecule has 0 fully saturated rings. The maximum atomic E-state index is 6.57. The quantitative estimate of drug-likeness (QED) is 0.159. The van der Waals surface area contributed by atoms with E-state index >= 15 is 0 Å². The lowest BCUT2D eigenvalue weighted by molar-refractivity contribution is 0.669. The van der Waals surface area contributed by atoms with E-state index in [4.69, 9.17) is 23.8 Å². The molecule has 0 saturated carbocycles. The van der Waals surface area contributed by atoms with Gasteiger partial charge < -0.3 is 13.4 Å². The molecule has 0 N–H and O–H groups in total. The zero-order valence-electron chi connectivity index (χ0n) is 39.0. The molecule has 14 rings (SSSR count). The van der Waals surface area contributed by atoms with Crippen LogP contribution in [0.3, 0.4) is 0 Å². The highest BCUT2D eigenvalue weighted by molar-refractivity contribution is 6.16. The lowest BCUT2D eigenvalue weighted by atomic mass is 9.93. The highest BCUT2D eigenvalue weighted by Crippen LogP contribution is 2.44. The van der Waals surface area contributed by atoms with Crippen LogP contribution in [0.15, 0.2) is 239 Å². The van der Waals surface area contributed by atoms with Gasteiger partial charge in [0, 0.05) is 65.8 Å². The number of nitrogens with zero attached hydrogens (tertiary/aromatic N) is 4. The van der Waals surface area contributed by atoms with Crippen LogP contribution < -0.4 is 0 Å². The van der Waals surface area contributed by atoms with Crippen LogP contribution in [-0.2, 0) is 0 Å². The summed E-state index contributed by atoms with van der Waals surface area (Å²) >= 11 is 0. The third kappa shape index (κ3) is 7.15. The molecule has 0 aliphatic heterocycles. The summed E-state index contributed by atoms with van der Waals surface area (Å²) in [6.45, 7) is 4.00. The number of rotatable bonds is 7. The van der Waals surface area contributed by atoms with Gasteiger partial charge in [0.1, 0.15) is 22.3 Å². The van der Waals surface area contributed by atoms with E-state index in [0.29, 0.717) is 17.5 Å². The summed E-state index contributed by atoms with van der Waals surface area (Å²) < 4.78 is 15.3. The monoisotopic (exact) mass is 912 g/mol. The van der Waals surface area contributed by atoms with Crippen molar-refractivity contribution in [3.63, 3.8) is 0 Å². The van der Waals surface area contributed by atoms with Gasteiger partial charge in [-0.05, 0) is 82.9 Å². The Labute approximate surface area is 409 Å². The van der Waals surface area contributed by atoms with Gasteiger partial charge in [0.05, 0.1) is 11.0 Å². The number of hydrogen-bond acceptors (Lipinski definition) is 5. The molecule has 0 saturated heterocycles. The molecule has 71 heavy (non-hydrogen) atoms. The molecular formula is C65H44N4O2. The van der Waals surface area contributed by atoms with Crippen molar-refractivity contribution in [2.24, 2.45) is 0 Å². The maximum Gasteiger partial charge on any atom is 0.164 e. The second kappa shape index (κ2) is 17.3. The van der Waals surface area contributed by atoms with Crippen molar-refractivity contribution >= 4 is 65.7 Å². The molecule has 336 valence electrons. The molecule has 0 aliphatic rings. The van der Waals surface area contributed by atoms with Crippen LogP contribution in [0.1, 0.15) is 13.8 Å².